The van der Waals surface area contributed by atoms with Crippen LogP contribution in [0, 0.1) is 12.3 Å². The molecule has 5 fully saturated rings. The maximum atomic E-state index is 13.7. The Bertz CT molecular complexity index is 1350. The van der Waals surface area contributed by atoms with Crippen LogP contribution in [0.25, 0.3) is 11.0 Å². The predicted octanol–water partition coefficient (Wildman–Crippen LogP) is 6.21. The fraction of sp³-hybridized carbons (Fsp3) is 0.615. The van der Waals surface area contributed by atoms with E-state index in [2.05, 4.69) is 11.3 Å². The lowest BCUT2D eigenvalue weighted by Gasteiger charge is -2.70. The normalized spacial score (nSPS) is 31.8. The van der Waals surface area contributed by atoms with Crippen LogP contribution in [-0.2, 0) is 10.2 Å². The first kappa shape index (κ1) is 23.0. The minimum absolute atomic E-state index is 0.0578. The highest BCUT2D eigenvalue weighted by molar-refractivity contribution is 7.98. The predicted molar refractivity (Wildman–Crippen MR) is 129 cm³/mol. The van der Waals surface area contributed by atoms with E-state index in [4.69, 9.17) is 19.7 Å². The summed E-state index contributed by atoms with van der Waals surface area (Å²) in [5, 5.41) is 5.32. The first-order chi connectivity index (χ1) is 17.2. The zero-order valence-electron chi connectivity index (χ0n) is 20.3. The van der Waals surface area contributed by atoms with Crippen molar-refractivity contribution in [1.29, 1.82) is 0 Å². The Kier molecular flexibility index (Phi) is 4.89. The highest BCUT2D eigenvalue weighted by atomic mass is 32.2. The van der Waals surface area contributed by atoms with E-state index in [1.165, 1.54) is 12.8 Å². The van der Waals surface area contributed by atoms with Crippen LogP contribution in [0.4, 0.5) is 13.2 Å². The molecule has 36 heavy (non-hydrogen) atoms. The van der Waals surface area contributed by atoms with Gasteiger partial charge in [-0.25, -0.2) is 15.0 Å². The number of halogens is 3. The fourth-order valence-corrected chi connectivity index (χ4v) is 7.17. The summed E-state index contributed by atoms with van der Waals surface area (Å²) < 4.78 is 49.1. The van der Waals surface area contributed by atoms with Crippen molar-refractivity contribution >= 4 is 22.8 Å². The van der Waals surface area contributed by atoms with Crippen LogP contribution in [-0.4, -0.2) is 43.8 Å². The lowest BCUT2D eigenvalue weighted by molar-refractivity contribution is -0.337. The van der Waals surface area contributed by atoms with Gasteiger partial charge >= 0.3 is 6.18 Å². The Balaban J connectivity index is 1.25. The SMILES string of the molecule is CSc1cc2c(C34CC(C(F)(F)F)(C3)C4)nc([C@H]3CCO[C@@H](c4cnn(C5CC5)c4)C3)nc2nc1C. The third-order valence-corrected chi connectivity index (χ3v) is 9.62. The van der Waals surface area contributed by atoms with Crippen molar-refractivity contribution in [2.45, 2.75) is 86.4 Å². The molecule has 5 aliphatic rings. The second kappa shape index (κ2) is 7.66. The average molecular weight is 516 g/mol. The molecule has 1 aliphatic heterocycles. The largest absolute Gasteiger partial charge is 0.394 e. The van der Waals surface area contributed by atoms with E-state index in [-0.39, 0.29) is 31.3 Å². The first-order valence-corrected chi connectivity index (χ1v) is 13.9. The Morgan fingerprint density at radius 2 is 1.89 bits per heavy atom. The molecule has 0 amide bonds. The van der Waals surface area contributed by atoms with E-state index in [1.807, 2.05) is 30.1 Å². The molecule has 4 aliphatic carbocycles. The number of aromatic nitrogens is 5. The molecule has 3 aromatic rings. The number of hydrogen-bond donors (Lipinski definition) is 0. The van der Waals surface area contributed by atoms with Gasteiger partial charge in [0.1, 0.15) is 5.82 Å². The lowest BCUT2D eigenvalue weighted by atomic mass is 9.33. The summed E-state index contributed by atoms with van der Waals surface area (Å²) in [4.78, 5) is 15.7. The summed E-state index contributed by atoms with van der Waals surface area (Å²) in [6.45, 7) is 2.54. The molecular formula is C26H28F3N5OS. The zero-order valence-corrected chi connectivity index (χ0v) is 21.1. The minimum Gasteiger partial charge on any atom is -0.373 e. The van der Waals surface area contributed by atoms with Crippen LogP contribution in [0.15, 0.2) is 23.4 Å². The van der Waals surface area contributed by atoms with Crippen LogP contribution < -0.4 is 0 Å². The number of ether oxygens (including phenoxy) is 1. The maximum Gasteiger partial charge on any atom is 0.394 e. The number of rotatable bonds is 5. The Morgan fingerprint density at radius 3 is 2.58 bits per heavy atom. The minimum atomic E-state index is -4.15. The van der Waals surface area contributed by atoms with Crippen molar-refractivity contribution in [2.24, 2.45) is 5.41 Å². The van der Waals surface area contributed by atoms with Gasteiger partial charge in [-0.2, -0.15) is 18.3 Å². The molecule has 4 saturated carbocycles. The van der Waals surface area contributed by atoms with Gasteiger partial charge in [-0.05, 0) is 64.2 Å². The molecule has 10 heteroatoms. The van der Waals surface area contributed by atoms with Gasteiger partial charge in [0.05, 0.1) is 35.1 Å². The monoisotopic (exact) mass is 515 g/mol. The van der Waals surface area contributed by atoms with E-state index in [1.54, 1.807) is 11.8 Å². The van der Waals surface area contributed by atoms with Gasteiger partial charge in [0.15, 0.2) is 5.65 Å². The lowest BCUT2D eigenvalue weighted by Crippen LogP contribution is -2.70. The Morgan fingerprint density at radius 1 is 1.11 bits per heavy atom. The smallest absolute Gasteiger partial charge is 0.373 e. The molecule has 3 aromatic heterocycles. The molecule has 6 nitrogen and oxygen atoms in total. The maximum absolute atomic E-state index is 13.7. The molecular weight excluding hydrogens is 487 g/mol. The molecule has 2 atom stereocenters. The Hall–Kier alpha value is -2.20. The highest BCUT2D eigenvalue weighted by Gasteiger charge is 2.79. The van der Waals surface area contributed by atoms with Gasteiger partial charge in [0.25, 0.3) is 0 Å². The molecule has 8 rings (SSSR count). The fourth-order valence-electron chi connectivity index (χ4n) is 6.60. The van der Waals surface area contributed by atoms with Gasteiger partial charge < -0.3 is 4.74 Å². The third-order valence-electron chi connectivity index (χ3n) is 8.77. The summed E-state index contributed by atoms with van der Waals surface area (Å²) in [7, 11) is 0. The molecule has 190 valence electrons. The van der Waals surface area contributed by atoms with Gasteiger partial charge in [0, 0.05) is 40.0 Å². The number of alkyl halides is 3. The highest BCUT2D eigenvalue weighted by Crippen LogP contribution is 2.78. The summed E-state index contributed by atoms with van der Waals surface area (Å²) >= 11 is 1.59. The van der Waals surface area contributed by atoms with Crippen molar-refractivity contribution < 1.29 is 17.9 Å². The number of pyridine rings is 1. The van der Waals surface area contributed by atoms with E-state index in [9.17, 15) is 13.2 Å². The van der Waals surface area contributed by atoms with Crippen LogP contribution in [0.1, 0.15) is 85.8 Å². The summed E-state index contributed by atoms with van der Waals surface area (Å²) in [5.41, 5.74) is 1.26. The number of fused-ring (bicyclic) bond motifs is 1. The van der Waals surface area contributed by atoms with Crippen molar-refractivity contribution in [3.8, 4) is 0 Å². The second-order valence-electron chi connectivity index (χ2n) is 11.2. The molecule has 0 unspecified atom stereocenters. The molecule has 0 N–H and O–H groups in total. The van der Waals surface area contributed by atoms with Gasteiger partial charge in [-0.1, -0.05) is 0 Å². The standard InChI is InChI=1S/C26H28F3N5OS/c1-14-20(36-2)8-18-21(24-11-25(12-24,13-24)26(27,28)29)32-22(33-23(18)31-14)15-5-6-35-19(7-15)16-9-30-34(10-16)17-3-4-17/h8-10,15,17,19H,3-7,11-13H2,1-2H3/t15-,19+,24?,25?/m0/s1. The first-order valence-electron chi connectivity index (χ1n) is 12.7. The van der Waals surface area contributed by atoms with Crippen molar-refractivity contribution in [2.75, 3.05) is 12.9 Å². The van der Waals surface area contributed by atoms with Gasteiger partial charge in [0.2, 0.25) is 0 Å². The van der Waals surface area contributed by atoms with Gasteiger partial charge in [-0.15, -0.1) is 11.8 Å². The summed E-state index contributed by atoms with van der Waals surface area (Å²) in [6, 6.07) is 2.54. The topological polar surface area (TPSA) is 65.7 Å². The molecule has 0 spiro atoms. The zero-order chi connectivity index (χ0) is 24.9. The average Bonchev–Trinajstić information content (AvgIpc) is 3.52. The van der Waals surface area contributed by atoms with Crippen LogP contribution in [0.3, 0.4) is 0 Å². The van der Waals surface area contributed by atoms with Crippen LogP contribution >= 0.6 is 11.8 Å². The summed E-state index contributed by atoms with van der Waals surface area (Å²) in [5.74, 6) is 0.748. The van der Waals surface area contributed by atoms with E-state index in [0.29, 0.717) is 24.1 Å². The Labute approximate surface area is 211 Å². The van der Waals surface area contributed by atoms with E-state index < -0.39 is 17.0 Å². The van der Waals surface area contributed by atoms with Gasteiger partial charge in [-0.3, -0.25) is 4.68 Å². The van der Waals surface area contributed by atoms with Crippen LogP contribution in [0.5, 0.6) is 0 Å². The quantitative estimate of drug-likeness (QED) is 0.377. The summed E-state index contributed by atoms with van der Waals surface area (Å²) in [6.07, 6.45) is 5.93. The van der Waals surface area contributed by atoms with Crippen molar-refractivity contribution in [1.82, 2.24) is 24.7 Å². The number of nitrogens with zero attached hydrogens (tertiary/aromatic N) is 5. The third kappa shape index (κ3) is 3.36. The molecule has 1 saturated heterocycles. The second-order valence-corrected chi connectivity index (χ2v) is 12.1. The van der Waals surface area contributed by atoms with E-state index in [0.717, 1.165) is 40.1 Å². The van der Waals surface area contributed by atoms with Crippen molar-refractivity contribution in [3.63, 3.8) is 0 Å². The van der Waals surface area contributed by atoms with E-state index >= 15 is 0 Å². The molecule has 0 radical (unpaired) electrons. The molecule has 2 bridgehead atoms. The number of aryl methyl sites for hydroxylation is 1. The van der Waals surface area contributed by atoms with Crippen molar-refractivity contribution in [3.05, 3.63) is 41.2 Å². The number of hydrogen-bond acceptors (Lipinski definition) is 6. The number of thioether (sulfide) groups is 1. The van der Waals surface area contributed by atoms with Crippen LogP contribution in [0.2, 0.25) is 0 Å². The molecule has 4 heterocycles. The molecule has 0 aromatic carbocycles.